The van der Waals surface area contributed by atoms with E-state index in [0.29, 0.717) is 12.0 Å². The van der Waals surface area contributed by atoms with Crippen LogP contribution < -0.4 is 10.6 Å². The van der Waals surface area contributed by atoms with E-state index in [2.05, 4.69) is 34.4 Å². The lowest BCUT2D eigenvalue weighted by molar-refractivity contribution is -0.0284. The highest BCUT2D eigenvalue weighted by Crippen LogP contribution is 2.20. The fraction of sp³-hybridized carbons (Fsp3) is 0.947. The molecule has 0 aromatic rings. The van der Waals surface area contributed by atoms with Gasteiger partial charge in [-0.25, -0.2) is 0 Å². The molecule has 1 heterocycles. The van der Waals surface area contributed by atoms with Gasteiger partial charge in [0.2, 0.25) is 0 Å². The lowest BCUT2D eigenvalue weighted by Gasteiger charge is -2.34. The zero-order chi connectivity index (χ0) is 17.9. The molecule has 1 aliphatic heterocycles. The van der Waals surface area contributed by atoms with Crippen molar-refractivity contribution in [1.29, 1.82) is 0 Å². The van der Waals surface area contributed by atoms with E-state index in [0.717, 1.165) is 58.3 Å². The van der Waals surface area contributed by atoms with Gasteiger partial charge in [-0.3, -0.25) is 9.89 Å². The third-order valence-electron chi connectivity index (χ3n) is 4.84. The summed E-state index contributed by atoms with van der Waals surface area (Å²) in [6.07, 6.45) is 6.90. The van der Waals surface area contributed by atoms with Gasteiger partial charge in [-0.15, -0.1) is 0 Å². The average molecular weight is 355 g/mol. The predicted molar refractivity (Wildman–Crippen MR) is 103 cm³/mol. The molecule has 0 bridgehead atoms. The average Bonchev–Trinajstić information content (AvgIpc) is 3.10. The SMILES string of the molecule is CN=C(NCCCOC1CCCC1)NCC1CN(CC(C)C)CCO1. The molecule has 0 radical (unpaired) electrons. The van der Waals surface area contributed by atoms with E-state index in [9.17, 15) is 0 Å². The van der Waals surface area contributed by atoms with Gasteiger partial charge in [0.15, 0.2) is 5.96 Å². The highest BCUT2D eigenvalue weighted by Gasteiger charge is 2.21. The van der Waals surface area contributed by atoms with Crippen LogP contribution in [0.2, 0.25) is 0 Å². The standard InChI is InChI=1S/C19H38N4O2/c1-16(2)14-23-10-12-25-18(15-23)13-22-19(20-3)21-9-6-11-24-17-7-4-5-8-17/h16-18H,4-15H2,1-3H3,(H2,20,21,22). The van der Waals surface area contributed by atoms with Crippen LogP contribution in [0.3, 0.4) is 0 Å². The van der Waals surface area contributed by atoms with Gasteiger partial charge in [0.25, 0.3) is 0 Å². The third kappa shape index (κ3) is 8.38. The smallest absolute Gasteiger partial charge is 0.191 e. The molecule has 6 heteroatoms. The molecule has 2 N–H and O–H groups in total. The monoisotopic (exact) mass is 354 g/mol. The van der Waals surface area contributed by atoms with Gasteiger partial charge in [-0.2, -0.15) is 0 Å². The number of rotatable bonds is 9. The zero-order valence-electron chi connectivity index (χ0n) is 16.4. The van der Waals surface area contributed by atoms with Crippen molar-refractivity contribution in [2.45, 2.75) is 58.2 Å². The van der Waals surface area contributed by atoms with E-state index in [1.54, 1.807) is 0 Å². The number of hydrogen-bond donors (Lipinski definition) is 2. The van der Waals surface area contributed by atoms with Crippen LogP contribution >= 0.6 is 0 Å². The molecular weight excluding hydrogens is 316 g/mol. The molecule has 1 unspecified atom stereocenters. The summed E-state index contributed by atoms with van der Waals surface area (Å²) in [5.74, 6) is 1.55. The van der Waals surface area contributed by atoms with Gasteiger partial charge in [0, 0.05) is 46.4 Å². The largest absolute Gasteiger partial charge is 0.378 e. The minimum Gasteiger partial charge on any atom is -0.378 e. The quantitative estimate of drug-likeness (QED) is 0.376. The Morgan fingerprint density at radius 1 is 1.28 bits per heavy atom. The molecule has 1 saturated carbocycles. The molecule has 1 saturated heterocycles. The summed E-state index contributed by atoms with van der Waals surface area (Å²) in [5.41, 5.74) is 0. The van der Waals surface area contributed by atoms with Crippen LogP contribution in [0.4, 0.5) is 0 Å². The van der Waals surface area contributed by atoms with E-state index >= 15 is 0 Å². The summed E-state index contributed by atoms with van der Waals surface area (Å²) in [5, 5.41) is 6.76. The zero-order valence-corrected chi connectivity index (χ0v) is 16.4. The van der Waals surface area contributed by atoms with Crippen LogP contribution in [0.25, 0.3) is 0 Å². The number of nitrogens with zero attached hydrogens (tertiary/aromatic N) is 2. The lowest BCUT2D eigenvalue weighted by atomic mass is 10.2. The summed E-state index contributed by atoms with van der Waals surface area (Å²) in [6, 6.07) is 0. The fourth-order valence-electron chi connectivity index (χ4n) is 3.60. The summed E-state index contributed by atoms with van der Waals surface area (Å²) in [7, 11) is 1.82. The fourth-order valence-corrected chi connectivity index (χ4v) is 3.60. The first-order valence-electron chi connectivity index (χ1n) is 10.1. The minimum absolute atomic E-state index is 0.233. The first-order valence-corrected chi connectivity index (χ1v) is 10.1. The van der Waals surface area contributed by atoms with Crippen molar-refractivity contribution in [2.75, 3.05) is 53.0 Å². The Morgan fingerprint density at radius 3 is 2.80 bits per heavy atom. The Kier molecular flexibility index (Phi) is 9.58. The Balaban J connectivity index is 1.54. The van der Waals surface area contributed by atoms with Crippen LogP contribution in [0.5, 0.6) is 0 Å². The summed E-state index contributed by atoms with van der Waals surface area (Å²) >= 11 is 0. The molecule has 2 rings (SSSR count). The maximum absolute atomic E-state index is 5.89. The molecule has 25 heavy (non-hydrogen) atoms. The second-order valence-corrected chi connectivity index (χ2v) is 7.66. The van der Waals surface area contributed by atoms with E-state index in [4.69, 9.17) is 9.47 Å². The van der Waals surface area contributed by atoms with Crippen molar-refractivity contribution in [3.8, 4) is 0 Å². The third-order valence-corrected chi connectivity index (χ3v) is 4.84. The molecule has 0 aromatic carbocycles. The van der Waals surface area contributed by atoms with Crippen LogP contribution in [0.1, 0.15) is 46.0 Å². The Hall–Kier alpha value is -0.850. The van der Waals surface area contributed by atoms with E-state index in [-0.39, 0.29) is 6.10 Å². The second-order valence-electron chi connectivity index (χ2n) is 7.66. The normalized spacial score (nSPS) is 23.4. The van der Waals surface area contributed by atoms with Gasteiger partial charge in [0.05, 0.1) is 18.8 Å². The van der Waals surface area contributed by atoms with Gasteiger partial charge in [0.1, 0.15) is 0 Å². The van der Waals surface area contributed by atoms with Crippen molar-refractivity contribution < 1.29 is 9.47 Å². The van der Waals surface area contributed by atoms with Crippen LogP contribution in [-0.4, -0.2) is 76.1 Å². The molecule has 0 spiro atoms. The van der Waals surface area contributed by atoms with Gasteiger partial charge in [-0.1, -0.05) is 26.7 Å². The van der Waals surface area contributed by atoms with Crippen LogP contribution in [0.15, 0.2) is 4.99 Å². The van der Waals surface area contributed by atoms with Gasteiger partial charge < -0.3 is 20.1 Å². The molecule has 0 amide bonds. The maximum Gasteiger partial charge on any atom is 0.191 e. The lowest BCUT2D eigenvalue weighted by Crippen LogP contribution is -2.50. The molecule has 0 aromatic heterocycles. The van der Waals surface area contributed by atoms with E-state index in [1.165, 1.54) is 25.7 Å². The van der Waals surface area contributed by atoms with Gasteiger partial charge in [-0.05, 0) is 25.2 Å². The highest BCUT2D eigenvalue weighted by molar-refractivity contribution is 5.79. The second kappa shape index (κ2) is 11.7. The first kappa shape index (κ1) is 20.5. The number of aliphatic imine (C=N–C) groups is 1. The summed E-state index contributed by atoms with van der Waals surface area (Å²) in [4.78, 5) is 6.80. The van der Waals surface area contributed by atoms with Crippen molar-refractivity contribution in [1.82, 2.24) is 15.5 Å². The molecule has 2 fully saturated rings. The minimum atomic E-state index is 0.233. The number of guanidine groups is 1. The molecule has 6 nitrogen and oxygen atoms in total. The summed E-state index contributed by atoms with van der Waals surface area (Å²) in [6.45, 7) is 11.1. The van der Waals surface area contributed by atoms with Crippen molar-refractivity contribution in [3.63, 3.8) is 0 Å². The Bertz CT molecular complexity index is 384. The van der Waals surface area contributed by atoms with E-state index < -0.39 is 0 Å². The summed E-state index contributed by atoms with van der Waals surface area (Å²) < 4.78 is 11.8. The number of ether oxygens (including phenoxy) is 2. The highest BCUT2D eigenvalue weighted by atomic mass is 16.5. The van der Waals surface area contributed by atoms with E-state index in [1.807, 2.05) is 7.05 Å². The molecular formula is C19H38N4O2. The molecule has 1 atom stereocenters. The Labute approximate surface area is 153 Å². The van der Waals surface area contributed by atoms with Crippen molar-refractivity contribution in [3.05, 3.63) is 0 Å². The number of nitrogens with one attached hydrogen (secondary N) is 2. The Morgan fingerprint density at radius 2 is 2.08 bits per heavy atom. The van der Waals surface area contributed by atoms with Crippen LogP contribution in [-0.2, 0) is 9.47 Å². The van der Waals surface area contributed by atoms with Gasteiger partial charge >= 0.3 is 0 Å². The number of morpholine rings is 1. The molecule has 1 aliphatic carbocycles. The number of hydrogen-bond acceptors (Lipinski definition) is 4. The predicted octanol–water partition coefficient (Wildman–Crippen LogP) is 1.86. The topological polar surface area (TPSA) is 58.1 Å². The molecule has 2 aliphatic rings. The van der Waals surface area contributed by atoms with Crippen molar-refractivity contribution >= 4 is 5.96 Å². The first-order chi connectivity index (χ1) is 12.2. The maximum atomic E-state index is 5.89. The molecule has 146 valence electrons. The van der Waals surface area contributed by atoms with Crippen molar-refractivity contribution in [2.24, 2.45) is 10.9 Å². The van der Waals surface area contributed by atoms with Crippen LogP contribution in [0, 0.1) is 5.92 Å².